The van der Waals surface area contributed by atoms with Crippen molar-refractivity contribution in [2.45, 2.75) is 0 Å². The molecule has 0 heterocycles. The number of carbonyl (C=O) groups excluding carboxylic acids is 2. The van der Waals surface area contributed by atoms with Gasteiger partial charge in [-0.3, -0.25) is 9.59 Å². The summed E-state index contributed by atoms with van der Waals surface area (Å²) in [6.45, 7) is -0.504. The largest absolute Gasteiger partial charge is 0.497 e. The number of amides is 2. The van der Waals surface area contributed by atoms with Crippen molar-refractivity contribution in [3.05, 3.63) is 54.1 Å². The molecule has 0 radical (unpaired) electrons. The second-order valence-electron chi connectivity index (χ2n) is 5.18. The van der Waals surface area contributed by atoms with E-state index in [2.05, 4.69) is 10.6 Å². The molecule has 2 aromatic carbocycles. The molecule has 8 nitrogen and oxygen atoms in total. The topological polar surface area (TPSA) is 114 Å². The lowest BCUT2D eigenvalue weighted by Gasteiger charge is -2.09. The Labute approximate surface area is 149 Å². The lowest BCUT2D eigenvalue weighted by atomic mass is 10.2. The first-order chi connectivity index (χ1) is 12.5. The van der Waals surface area contributed by atoms with Crippen LogP contribution in [0.1, 0.15) is 10.4 Å². The monoisotopic (exact) mass is 358 g/mol. The minimum atomic E-state index is -1.09. The predicted molar refractivity (Wildman–Crippen MR) is 93.5 cm³/mol. The van der Waals surface area contributed by atoms with E-state index >= 15 is 0 Å². The molecule has 8 heteroatoms. The van der Waals surface area contributed by atoms with Gasteiger partial charge in [0.25, 0.3) is 5.91 Å². The van der Waals surface area contributed by atoms with E-state index in [-0.39, 0.29) is 18.7 Å². The number of nitrogens with one attached hydrogen (secondary N) is 2. The minimum Gasteiger partial charge on any atom is -0.497 e. The van der Waals surface area contributed by atoms with Crippen molar-refractivity contribution in [2.24, 2.45) is 0 Å². The average Bonchev–Trinajstić information content (AvgIpc) is 2.65. The highest BCUT2D eigenvalue weighted by molar-refractivity contribution is 5.96. The van der Waals surface area contributed by atoms with Crippen LogP contribution in [0.15, 0.2) is 48.5 Å². The van der Waals surface area contributed by atoms with Crippen LogP contribution in [0.4, 0.5) is 5.69 Å². The number of methoxy groups -OCH3 is 1. The summed E-state index contributed by atoms with van der Waals surface area (Å²) >= 11 is 0. The molecule has 0 aliphatic rings. The molecule has 0 atom stereocenters. The maximum Gasteiger partial charge on any atom is 0.335 e. The molecule has 0 bridgehead atoms. The number of carbonyl (C=O) groups is 3. The number of aromatic carboxylic acids is 1. The number of carboxylic acids is 1. The molecule has 0 fully saturated rings. The zero-order valence-corrected chi connectivity index (χ0v) is 14.0. The van der Waals surface area contributed by atoms with Crippen molar-refractivity contribution >= 4 is 23.5 Å². The van der Waals surface area contributed by atoms with Gasteiger partial charge in [0.15, 0.2) is 6.61 Å². The molecule has 0 aromatic heterocycles. The molecule has 26 heavy (non-hydrogen) atoms. The number of rotatable bonds is 8. The van der Waals surface area contributed by atoms with Crippen LogP contribution < -0.4 is 20.1 Å². The van der Waals surface area contributed by atoms with Crippen molar-refractivity contribution in [3.8, 4) is 11.5 Å². The maximum atomic E-state index is 11.8. The Morgan fingerprint density at radius 1 is 1.00 bits per heavy atom. The Morgan fingerprint density at radius 2 is 1.69 bits per heavy atom. The van der Waals surface area contributed by atoms with Crippen LogP contribution >= 0.6 is 0 Å². The van der Waals surface area contributed by atoms with Crippen LogP contribution in [-0.2, 0) is 9.59 Å². The van der Waals surface area contributed by atoms with Gasteiger partial charge in [-0.05, 0) is 42.5 Å². The lowest BCUT2D eigenvalue weighted by molar-refractivity contribution is -0.125. The number of hydrogen-bond donors (Lipinski definition) is 3. The highest BCUT2D eigenvalue weighted by Gasteiger charge is 2.09. The zero-order valence-electron chi connectivity index (χ0n) is 14.0. The number of ether oxygens (including phenoxy) is 2. The highest BCUT2D eigenvalue weighted by atomic mass is 16.5. The summed E-state index contributed by atoms with van der Waals surface area (Å²) in [5.41, 5.74) is 0.387. The summed E-state index contributed by atoms with van der Waals surface area (Å²) in [5.74, 6) is -0.869. The highest BCUT2D eigenvalue weighted by Crippen LogP contribution is 2.16. The summed E-state index contributed by atoms with van der Waals surface area (Å²) in [6.07, 6.45) is 0. The molecule has 2 amide bonds. The van der Waals surface area contributed by atoms with Crippen molar-refractivity contribution in [1.29, 1.82) is 0 Å². The average molecular weight is 358 g/mol. The summed E-state index contributed by atoms with van der Waals surface area (Å²) in [6, 6.07) is 12.5. The number of benzene rings is 2. The quantitative estimate of drug-likeness (QED) is 0.659. The van der Waals surface area contributed by atoms with Crippen LogP contribution in [0.25, 0.3) is 0 Å². The van der Waals surface area contributed by atoms with E-state index in [9.17, 15) is 14.4 Å². The molecule has 2 rings (SSSR count). The predicted octanol–water partition coefficient (Wildman–Crippen LogP) is 1.53. The Hall–Kier alpha value is -3.55. The number of carboxylic acid groups (broad SMARTS) is 1. The second kappa shape index (κ2) is 9.07. The Balaban J connectivity index is 1.75. The third-order valence-electron chi connectivity index (χ3n) is 3.27. The van der Waals surface area contributed by atoms with E-state index in [0.717, 1.165) is 0 Å². The first kappa shape index (κ1) is 18.8. The van der Waals surface area contributed by atoms with Crippen molar-refractivity contribution in [3.63, 3.8) is 0 Å². The first-order valence-electron chi connectivity index (χ1n) is 7.64. The lowest BCUT2D eigenvalue weighted by Crippen LogP contribution is -2.35. The fraction of sp³-hybridized carbons (Fsp3) is 0.167. The fourth-order valence-corrected chi connectivity index (χ4v) is 1.99. The van der Waals surface area contributed by atoms with Gasteiger partial charge in [0.1, 0.15) is 11.5 Å². The SMILES string of the molecule is COc1ccc(OCC(=O)NCC(=O)Nc2cccc(C(=O)O)c2)cc1. The molecule has 0 aliphatic carbocycles. The van der Waals surface area contributed by atoms with Gasteiger partial charge in [-0.15, -0.1) is 0 Å². The first-order valence-corrected chi connectivity index (χ1v) is 7.64. The smallest absolute Gasteiger partial charge is 0.335 e. The van der Waals surface area contributed by atoms with E-state index < -0.39 is 17.8 Å². The summed E-state index contributed by atoms with van der Waals surface area (Å²) in [7, 11) is 1.55. The maximum absolute atomic E-state index is 11.8. The number of hydrogen-bond acceptors (Lipinski definition) is 5. The Bertz CT molecular complexity index is 789. The molecule has 0 saturated carbocycles. The zero-order chi connectivity index (χ0) is 18.9. The fourth-order valence-electron chi connectivity index (χ4n) is 1.99. The van der Waals surface area contributed by atoms with Gasteiger partial charge < -0.3 is 25.2 Å². The van der Waals surface area contributed by atoms with Crippen LogP contribution in [0.3, 0.4) is 0 Å². The van der Waals surface area contributed by atoms with Gasteiger partial charge in [0.2, 0.25) is 5.91 Å². The molecule has 3 N–H and O–H groups in total. The summed E-state index contributed by atoms with van der Waals surface area (Å²) in [4.78, 5) is 34.4. The van der Waals surface area contributed by atoms with Crippen LogP contribution in [0.2, 0.25) is 0 Å². The summed E-state index contributed by atoms with van der Waals surface area (Å²) in [5, 5.41) is 13.8. The number of anilines is 1. The van der Waals surface area contributed by atoms with E-state index in [4.69, 9.17) is 14.6 Å². The van der Waals surface area contributed by atoms with Crippen LogP contribution in [-0.4, -0.2) is 43.2 Å². The molecule has 2 aromatic rings. The Kier molecular flexibility index (Phi) is 6.55. The summed E-state index contributed by atoms with van der Waals surface area (Å²) < 4.78 is 10.3. The third kappa shape index (κ3) is 5.82. The third-order valence-corrected chi connectivity index (χ3v) is 3.27. The van der Waals surface area contributed by atoms with E-state index in [1.807, 2.05) is 0 Å². The molecular formula is C18H18N2O6. The molecule has 0 saturated heterocycles. The van der Waals surface area contributed by atoms with Crippen LogP contribution in [0, 0.1) is 0 Å². The van der Waals surface area contributed by atoms with Gasteiger partial charge in [-0.2, -0.15) is 0 Å². The Morgan fingerprint density at radius 3 is 2.35 bits per heavy atom. The van der Waals surface area contributed by atoms with Gasteiger partial charge in [-0.1, -0.05) is 6.07 Å². The van der Waals surface area contributed by atoms with Gasteiger partial charge >= 0.3 is 5.97 Å². The van der Waals surface area contributed by atoms with E-state index in [1.54, 1.807) is 37.4 Å². The van der Waals surface area contributed by atoms with Crippen LogP contribution in [0.5, 0.6) is 11.5 Å². The van der Waals surface area contributed by atoms with E-state index in [1.165, 1.54) is 18.2 Å². The molecular weight excluding hydrogens is 340 g/mol. The van der Waals surface area contributed by atoms with E-state index in [0.29, 0.717) is 17.2 Å². The van der Waals surface area contributed by atoms with Gasteiger partial charge in [0.05, 0.1) is 19.2 Å². The van der Waals surface area contributed by atoms with Crippen molar-refractivity contribution in [1.82, 2.24) is 5.32 Å². The molecule has 0 unspecified atom stereocenters. The molecule has 136 valence electrons. The second-order valence-corrected chi connectivity index (χ2v) is 5.18. The van der Waals surface area contributed by atoms with Crippen molar-refractivity contribution < 1.29 is 29.0 Å². The minimum absolute atomic E-state index is 0.0553. The molecule has 0 spiro atoms. The molecule has 0 aliphatic heterocycles. The standard InChI is InChI=1S/C18H18N2O6/c1-25-14-5-7-15(8-6-14)26-11-17(22)19-10-16(21)20-13-4-2-3-12(9-13)18(23)24/h2-9H,10-11H2,1H3,(H,19,22)(H,20,21)(H,23,24). The van der Waals surface area contributed by atoms with Gasteiger partial charge in [-0.25, -0.2) is 4.79 Å². The normalized spacial score (nSPS) is 9.88. The van der Waals surface area contributed by atoms with Crippen molar-refractivity contribution in [2.75, 3.05) is 25.6 Å². The van der Waals surface area contributed by atoms with Gasteiger partial charge in [0, 0.05) is 5.69 Å².